The molecule has 1 amide bonds. The average Bonchev–Trinajstić information content (AvgIpc) is 2.56. The van der Waals surface area contributed by atoms with E-state index in [9.17, 15) is 4.79 Å². The molecular weight excluding hydrogens is 344 g/mol. The molecular formula is C17H17BrN2O2. The molecule has 4 nitrogen and oxygen atoms in total. The summed E-state index contributed by atoms with van der Waals surface area (Å²) in [5.74, 6) is 0.560. The van der Waals surface area contributed by atoms with Gasteiger partial charge < -0.3 is 4.74 Å². The van der Waals surface area contributed by atoms with Crippen molar-refractivity contribution in [1.82, 2.24) is 5.43 Å². The monoisotopic (exact) mass is 360 g/mol. The third kappa shape index (κ3) is 4.18. The number of methoxy groups -OCH3 is 1. The minimum absolute atomic E-state index is 0.230. The molecule has 2 aromatic rings. The number of benzene rings is 2. The molecule has 0 atom stereocenters. The Balaban J connectivity index is 2.11. The van der Waals surface area contributed by atoms with E-state index in [1.165, 1.54) is 0 Å². The first-order chi connectivity index (χ1) is 10.6. The molecule has 0 aliphatic heterocycles. The Morgan fingerprint density at radius 2 is 1.68 bits per heavy atom. The molecule has 2 aromatic carbocycles. The van der Waals surface area contributed by atoms with Crippen molar-refractivity contribution in [3.63, 3.8) is 0 Å². The standard InChI is InChI=1S/C17H17BrN2O2/c1-3-16(12-6-10-15(22-2)11-7-12)19-20-17(21)13-4-8-14(18)9-5-13/h4-11H,3H2,1-2H3,(H,20,21)/b19-16+. The van der Waals surface area contributed by atoms with E-state index in [0.717, 1.165) is 21.5 Å². The molecule has 0 bridgehead atoms. The van der Waals surface area contributed by atoms with E-state index < -0.39 is 0 Å². The maximum Gasteiger partial charge on any atom is 0.271 e. The van der Waals surface area contributed by atoms with Crippen molar-refractivity contribution in [2.75, 3.05) is 7.11 Å². The molecule has 2 rings (SSSR count). The van der Waals surface area contributed by atoms with Crippen molar-refractivity contribution < 1.29 is 9.53 Å². The number of nitrogens with one attached hydrogen (secondary N) is 1. The number of amides is 1. The van der Waals surface area contributed by atoms with Gasteiger partial charge in [-0.15, -0.1) is 0 Å². The molecule has 0 aromatic heterocycles. The molecule has 114 valence electrons. The summed E-state index contributed by atoms with van der Waals surface area (Å²) in [5, 5.41) is 4.23. The van der Waals surface area contributed by atoms with Crippen molar-refractivity contribution in [3.8, 4) is 5.75 Å². The summed E-state index contributed by atoms with van der Waals surface area (Å²) in [4.78, 5) is 12.1. The summed E-state index contributed by atoms with van der Waals surface area (Å²) in [7, 11) is 1.63. The Labute approximate surface area is 138 Å². The fourth-order valence-corrected chi connectivity index (χ4v) is 2.18. The van der Waals surface area contributed by atoms with E-state index in [0.29, 0.717) is 12.0 Å². The fraction of sp³-hybridized carbons (Fsp3) is 0.176. The molecule has 0 fully saturated rings. The maximum atomic E-state index is 12.1. The zero-order chi connectivity index (χ0) is 15.9. The molecule has 0 unspecified atom stereocenters. The summed E-state index contributed by atoms with van der Waals surface area (Å²) in [6, 6.07) is 14.7. The Bertz CT molecular complexity index is 664. The van der Waals surface area contributed by atoms with Crippen LogP contribution in [0.3, 0.4) is 0 Å². The summed E-state index contributed by atoms with van der Waals surface area (Å²) in [5.41, 5.74) is 4.94. The Morgan fingerprint density at radius 3 is 2.23 bits per heavy atom. The van der Waals surface area contributed by atoms with E-state index in [2.05, 4.69) is 26.5 Å². The minimum atomic E-state index is -0.230. The van der Waals surface area contributed by atoms with Crippen molar-refractivity contribution in [2.24, 2.45) is 5.10 Å². The second-order valence-corrected chi connectivity index (χ2v) is 5.50. The van der Waals surface area contributed by atoms with E-state index in [-0.39, 0.29) is 5.91 Å². The number of hydrazone groups is 1. The fourth-order valence-electron chi connectivity index (χ4n) is 1.92. The van der Waals surface area contributed by atoms with Crippen molar-refractivity contribution in [1.29, 1.82) is 0 Å². The minimum Gasteiger partial charge on any atom is -0.497 e. The van der Waals surface area contributed by atoms with Gasteiger partial charge in [0, 0.05) is 10.0 Å². The van der Waals surface area contributed by atoms with Gasteiger partial charge in [-0.05, 0) is 60.5 Å². The molecule has 0 saturated heterocycles. The van der Waals surface area contributed by atoms with Crippen LogP contribution < -0.4 is 10.2 Å². The lowest BCUT2D eigenvalue weighted by atomic mass is 10.1. The maximum absolute atomic E-state index is 12.1. The lowest BCUT2D eigenvalue weighted by Crippen LogP contribution is -2.19. The van der Waals surface area contributed by atoms with E-state index >= 15 is 0 Å². The number of hydrogen-bond acceptors (Lipinski definition) is 3. The molecule has 0 saturated carbocycles. The summed E-state index contributed by atoms with van der Waals surface area (Å²) >= 11 is 3.34. The number of hydrogen-bond donors (Lipinski definition) is 1. The largest absolute Gasteiger partial charge is 0.497 e. The third-order valence-electron chi connectivity index (χ3n) is 3.16. The van der Waals surface area contributed by atoms with Crippen molar-refractivity contribution in [2.45, 2.75) is 13.3 Å². The van der Waals surface area contributed by atoms with Gasteiger partial charge in [0.05, 0.1) is 12.8 Å². The average molecular weight is 361 g/mol. The van der Waals surface area contributed by atoms with Crippen LogP contribution in [0.15, 0.2) is 58.1 Å². The van der Waals surface area contributed by atoms with Crippen LogP contribution in [0.5, 0.6) is 5.75 Å². The van der Waals surface area contributed by atoms with Gasteiger partial charge in [0.15, 0.2) is 0 Å². The summed E-state index contributed by atoms with van der Waals surface area (Å²) < 4.78 is 6.07. The van der Waals surface area contributed by atoms with Crippen LogP contribution in [0.4, 0.5) is 0 Å². The highest BCUT2D eigenvalue weighted by Crippen LogP contribution is 2.13. The van der Waals surface area contributed by atoms with Crippen LogP contribution in [0.1, 0.15) is 29.3 Å². The number of nitrogens with zero attached hydrogens (tertiary/aromatic N) is 1. The van der Waals surface area contributed by atoms with Crippen molar-refractivity contribution in [3.05, 3.63) is 64.1 Å². The summed E-state index contributed by atoms with van der Waals surface area (Å²) in [6.07, 6.45) is 0.715. The molecule has 0 aliphatic rings. The van der Waals surface area contributed by atoms with Gasteiger partial charge in [-0.25, -0.2) is 5.43 Å². The first kappa shape index (κ1) is 16.2. The first-order valence-corrected chi connectivity index (χ1v) is 7.70. The van der Waals surface area contributed by atoms with Gasteiger partial charge in [-0.1, -0.05) is 22.9 Å². The molecule has 0 aliphatic carbocycles. The first-order valence-electron chi connectivity index (χ1n) is 6.91. The van der Waals surface area contributed by atoms with Crippen molar-refractivity contribution >= 4 is 27.5 Å². The Morgan fingerprint density at radius 1 is 1.09 bits per heavy atom. The van der Waals surface area contributed by atoms with Gasteiger partial charge in [0.1, 0.15) is 5.75 Å². The van der Waals surface area contributed by atoms with Crippen LogP contribution >= 0.6 is 15.9 Å². The number of rotatable bonds is 5. The Kier molecular flexibility index (Phi) is 5.72. The topological polar surface area (TPSA) is 50.7 Å². The smallest absolute Gasteiger partial charge is 0.271 e. The van der Waals surface area contributed by atoms with Crippen LogP contribution in [0.25, 0.3) is 0 Å². The third-order valence-corrected chi connectivity index (χ3v) is 3.69. The van der Waals surface area contributed by atoms with Gasteiger partial charge in [0.25, 0.3) is 5.91 Å². The van der Waals surface area contributed by atoms with Crippen LogP contribution in [-0.4, -0.2) is 18.7 Å². The number of ether oxygens (including phenoxy) is 1. The lowest BCUT2D eigenvalue weighted by Gasteiger charge is -2.06. The molecule has 1 N–H and O–H groups in total. The highest BCUT2D eigenvalue weighted by molar-refractivity contribution is 9.10. The summed E-state index contributed by atoms with van der Waals surface area (Å²) in [6.45, 7) is 1.99. The second kappa shape index (κ2) is 7.75. The Hall–Kier alpha value is -2.14. The second-order valence-electron chi connectivity index (χ2n) is 4.59. The van der Waals surface area contributed by atoms with Gasteiger partial charge >= 0.3 is 0 Å². The zero-order valence-corrected chi connectivity index (χ0v) is 14.1. The molecule has 0 heterocycles. The van der Waals surface area contributed by atoms with Crippen LogP contribution in [-0.2, 0) is 0 Å². The molecule has 0 radical (unpaired) electrons. The van der Waals surface area contributed by atoms with Crippen LogP contribution in [0, 0.1) is 0 Å². The van der Waals surface area contributed by atoms with Gasteiger partial charge in [-0.3, -0.25) is 4.79 Å². The SMILES string of the molecule is CC/C(=N\NC(=O)c1ccc(Br)cc1)c1ccc(OC)cc1. The molecule has 0 spiro atoms. The van der Waals surface area contributed by atoms with E-state index in [1.807, 2.05) is 43.3 Å². The zero-order valence-electron chi connectivity index (χ0n) is 12.5. The number of halogens is 1. The molecule has 5 heteroatoms. The van der Waals surface area contributed by atoms with Crippen LogP contribution in [0.2, 0.25) is 0 Å². The van der Waals surface area contributed by atoms with E-state index in [1.54, 1.807) is 19.2 Å². The van der Waals surface area contributed by atoms with Gasteiger partial charge in [0.2, 0.25) is 0 Å². The predicted molar refractivity (Wildman–Crippen MR) is 91.4 cm³/mol. The van der Waals surface area contributed by atoms with Gasteiger partial charge in [-0.2, -0.15) is 5.10 Å². The van der Waals surface area contributed by atoms with E-state index in [4.69, 9.17) is 4.74 Å². The number of carbonyl (C=O) groups excluding carboxylic acids is 1. The highest BCUT2D eigenvalue weighted by atomic mass is 79.9. The predicted octanol–water partition coefficient (Wildman–Crippen LogP) is 4.00. The number of carbonyl (C=O) groups is 1. The quantitative estimate of drug-likeness (QED) is 0.646. The normalized spacial score (nSPS) is 11.1. The lowest BCUT2D eigenvalue weighted by molar-refractivity contribution is 0.0955. The highest BCUT2D eigenvalue weighted by Gasteiger charge is 2.06. The molecule has 22 heavy (non-hydrogen) atoms.